The van der Waals surface area contributed by atoms with Crippen LogP contribution in [0.2, 0.25) is 0 Å². The fourth-order valence-electron chi connectivity index (χ4n) is 2.62. The maximum Gasteiger partial charge on any atom is 0.341 e. The monoisotopic (exact) mass is 278 g/mol. The van der Waals surface area contributed by atoms with Crippen LogP contribution in [0.3, 0.4) is 0 Å². The molecule has 0 heterocycles. The standard InChI is InChI=1S/C15H18O5/c1-3-9-4-5-10-11(19-2)6-7-12(14(10)15(9)18)20-8-13(16)17/h6-7,9H,3-5,8H2,1-2H3,(H,16,17)/t9-/m0/s1. The van der Waals surface area contributed by atoms with Gasteiger partial charge in [0, 0.05) is 11.5 Å². The predicted octanol–water partition coefficient (Wildman–Crippen LogP) is 2.31. The molecule has 0 unspecified atom stereocenters. The number of carbonyl (C=O) groups is 2. The second-order valence-electron chi connectivity index (χ2n) is 4.81. The molecule has 5 heteroatoms. The van der Waals surface area contributed by atoms with Gasteiger partial charge in [-0.25, -0.2) is 4.79 Å². The number of Topliss-reactive ketones (excluding diaryl/α,β-unsaturated/α-hetero) is 1. The highest BCUT2D eigenvalue weighted by molar-refractivity contribution is 6.03. The van der Waals surface area contributed by atoms with Gasteiger partial charge < -0.3 is 14.6 Å². The first-order valence-corrected chi connectivity index (χ1v) is 6.67. The lowest BCUT2D eigenvalue weighted by molar-refractivity contribution is -0.139. The molecule has 20 heavy (non-hydrogen) atoms. The Balaban J connectivity index is 2.44. The molecule has 1 N–H and O–H groups in total. The van der Waals surface area contributed by atoms with Gasteiger partial charge in [0.15, 0.2) is 12.4 Å². The third-order valence-corrected chi connectivity index (χ3v) is 3.66. The van der Waals surface area contributed by atoms with Crippen molar-refractivity contribution in [1.82, 2.24) is 0 Å². The number of carbonyl (C=O) groups excluding carboxylic acids is 1. The van der Waals surface area contributed by atoms with Gasteiger partial charge in [-0.3, -0.25) is 4.79 Å². The lowest BCUT2D eigenvalue weighted by Crippen LogP contribution is -2.24. The number of methoxy groups -OCH3 is 1. The van der Waals surface area contributed by atoms with Crippen LogP contribution in [0.4, 0.5) is 0 Å². The van der Waals surface area contributed by atoms with Gasteiger partial charge in [0.25, 0.3) is 0 Å². The van der Waals surface area contributed by atoms with Crippen LogP contribution in [0.5, 0.6) is 11.5 Å². The number of rotatable bonds is 5. The molecule has 0 bridgehead atoms. The molecule has 0 saturated carbocycles. The molecule has 5 nitrogen and oxygen atoms in total. The highest BCUT2D eigenvalue weighted by Gasteiger charge is 2.31. The van der Waals surface area contributed by atoms with Crippen LogP contribution in [0, 0.1) is 5.92 Å². The third kappa shape index (κ3) is 2.61. The quantitative estimate of drug-likeness (QED) is 0.894. The van der Waals surface area contributed by atoms with Crippen molar-refractivity contribution in [2.24, 2.45) is 5.92 Å². The zero-order chi connectivity index (χ0) is 14.7. The molecule has 108 valence electrons. The summed E-state index contributed by atoms with van der Waals surface area (Å²) in [7, 11) is 1.56. The Morgan fingerprint density at radius 1 is 1.40 bits per heavy atom. The summed E-state index contributed by atoms with van der Waals surface area (Å²) in [5.41, 5.74) is 1.31. The highest BCUT2D eigenvalue weighted by Crippen LogP contribution is 2.38. The summed E-state index contributed by atoms with van der Waals surface area (Å²) in [6.07, 6.45) is 2.31. The first kappa shape index (κ1) is 14.4. The van der Waals surface area contributed by atoms with E-state index in [1.165, 1.54) is 0 Å². The molecule has 1 aliphatic carbocycles. The van der Waals surface area contributed by atoms with Gasteiger partial charge >= 0.3 is 5.97 Å². The van der Waals surface area contributed by atoms with Gasteiger partial charge in [0.2, 0.25) is 0 Å². The number of benzene rings is 1. The van der Waals surface area contributed by atoms with Crippen molar-refractivity contribution in [3.8, 4) is 11.5 Å². The molecule has 2 rings (SSSR count). The van der Waals surface area contributed by atoms with Crippen LogP contribution >= 0.6 is 0 Å². The number of ether oxygens (including phenoxy) is 2. The number of fused-ring (bicyclic) bond motifs is 1. The smallest absolute Gasteiger partial charge is 0.341 e. The highest BCUT2D eigenvalue weighted by atomic mass is 16.5. The van der Waals surface area contributed by atoms with E-state index >= 15 is 0 Å². The number of hydrogen-bond acceptors (Lipinski definition) is 4. The van der Waals surface area contributed by atoms with E-state index in [1.807, 2.05) is 6.92 Å². The molecule has 0 amide bonds. The van der Waals surface area contributed by atoms with Crippen molar-refractivity contribution >= 4 is 11.8 Å². The summed E-state index contributed by atoms with van der Waals surface area (Å²) in [6.45, 7) is 1.52. The predicted molar refractivity (Wildman–Crippen MR) is 72.6 cm³/mol. The van der Waals surface area contributed by atoms with Crippen LogP contribution < -0.4 is 9.47 Å². The van der Waals surface area contributed by atoms with E-state index < -0.39 is 12.6 Å². The Kier molecular flexibility index (Phi) is 4.27. The number of carboxylic acids is 1. The number of hydrogen-bond donors (Lipinski definition) is 1. The van der Waals surface area contributed by atoms with Crippen molar-refractivity contribution in [2.45, 2.75) is 26.2 Å². The molecule has 1 atom stereocenters. The van der Waals surface area contributed by atoms with E-state index in [0.717, 1.165) is 24.8 Å². The molecule has 0 radical (unpaired) electrons. The van der Waals surface area contributed by atoms with E-state index in [9.17, 15) is 9.59 Å². The minimum atomic E-state index is -1.06. The molecule has 1 aliphatic rings. The van der Waals surface area contributed by atoms with Gasteiger partial charge in [-0.15, -0.1) is 0 Å². The van der Waals surface area contributed by atoms with Crippen LogP contribution in [0.15, 0.2) is 12.1 Å². The van der Waals surface area contributed by atoms with Crippen LogP contribution in [0.25, 0.3) is 0 Å². The molecule has 1 aromatic carbocycles. The average Bonchev–Trinajstić information content (AvgIpc) is 2.44. The minimum absolute atomic E-state index is 0.0213. The largest absolute Gasteiger partial charge is 0.496 e. The van der Waals surface area contributed by atoms with Crippen molar-refractivity contribution in [1.29, 1.82) is 0 Å². The Hall–Kier alpha value is -2.04. The first-order chi connectivity index (χ1) is 9.58. The van der Waals surface area contributed by atoms with Crippen molar-refractivity contribution in [3.63, 3.8) is 0 Å². The van der Waals surface area contributed by atoms with Crippen molar-refractivity contribution in [3.05, 3.63) is 23.3 Å². The summed E-state index contributed by atoms with van der Waals surface area (Å²) >= 11 is 0. The van der Waals surface area contributed by atoms with Crippen LogP contribution in [-0.2, 0) is 11.2 Å². The van der Waals surface area contributed by atoms with Gasteiger partial charge in [-0.1, -0.05) is 6.92 Å². The summed E-state index contributed by atoms with van der Waals surface area (Å²) in [5, 5.41) is 8.71. The zero-order valence-corrected chi connectivity index (χ0v) is 11.6. The van der Waals surface area contributed by atoms with Crippen LogP contribution in [-0.4, -0.2) is 30.6 Å². The van der Waals surface area contributed by atoms with Gasteiger partial charge in [-0.2, -0.15) is 0 Å². The minimum Gasteiger partial charge on any atom is -0.496 e. The van der Waals surface area contributed by atoms with E-state index in [1.54, 1.807) is 19.2 Å². The Morgan fingerprint density at radius 2 is 2.10 bits per heavy atom. The second-order valence-corrected chi connectivity index (χ2v) is 4.81. The Bertz CT molecular complexity index is 535. The Morgan fingerprint density at radius 3 is 2.70 bits per heavy atom. The fraction of sp³-hybridized carbons (Fsp3) is 0.467. The lowest BCUT2D eigenvalue weighted by atomic mass is 9.80. The lowest BCUT2D eigenvalue weighted by Gasteiger charge is -2.25. The van der Waals surface area contributed by atoms with E-state index in [-0.39, 0.29) is 11.7 Å². The number of aliphatic carboxylic acids is 1. The SMILES string of the molecule is CC[C@H]1CCc2c(OC)ccc(OCC(=O)O)c2C1=O. The number of ketones is 1. The average molecular weight is 278 g/mol. The molecule has 1 aromatic rings. The molecular formula is C15H18O5. The van der Waals surface area contributed by atoms with E-state index in [2.05, 4.69) is 0 Å². The van der Waals surface area contributed by atoms with Crippen molar-refractivity contribution in [2.75, 3.05) is 13.7 Å². The second kappa shape index (κ2) is 5.94. The fourth-order valence-corrected chi connectivity index (χ4v) is 2.62. The zero-order valence-electron chi connectivity index (χ0n) is 11.6. The molecule has 0 aromatic heterocycles. The third-order valence-electron chi connectivity index (χ3n) is 3.66. The number of carboxylic acid groups (broad SMARTS) is 1. The van der Waals surface area contributed by atoms with Gasteiger partial charge in [0.05, 0.1) is 12.7 Å². The maximum absolute atomic E-state index is 12.5. The molecule has 0 spiro atoms. The van der Waals surface area contributed by atoms with E-state index in [0.29, 0.717) is 17.1 Å². The van der Waals surface area contributed by atoms with Crippen LogP contribution in [0.1, 0.15) is 35.7 Å². The summed E-state index contributed by atoms with van der Waals surface area (Å²) in [4.78, 5) is 23.1. The maximum atomic E-state index is 12.5. The normalized spacial score (nSPS) is 17.5. The Labute approximate surface area is 117 Å². The molecule has 0 fully saturated rings. The van der Waals surface area contributed by atoms with Gasteiger partial charge in [0.1, 0.15) is 11.5 Å². The molecule has 0 aliphatic heterocycles. The summed E-state index contributed by atoms with van der Waals surface area (Å²) < 4.78 is 10.5. The van der Waals surface area contributed by atoms with E-state index in [4.69, 9.17) is 14.6 Å². The molecular weight excluding hydrogens is 260 g/mol. The van der Waals surface area contributed by atoms with Crippen molar-refractivity contribution < 1.29 is 24.2 Å². The molecule has 0 saturated heterocycles. The topological polar surface area (TPSA) is 72.8 Å². The summed E-state index contributed by atoms with van der Waals surface area (Å²) in [6, 6.07) is 3.33. The summed E-state index contributed by atoms with van der Waals surface area (Å²) in [5.74, 6) is -0.0726. The van der Waals surface area contributed by atoms with Gasteiger partial charge in [-0.05, 0) is 31.4 Å². The first-order valence-electron chi connectivity index (χ1n) is 6.67.